The molecule has 1 aromatic heterocycles. The molecule has 8 heteroatoms. The van der Waals surface area contributed by atoms with Crippen molar-refractivity contribution < 1.29 is 9.53 Å². The molecule has 0 bridgehead atoms. The number of hydrogen-bond acceptors (Lipinski definition) is 4. The van der Waals surface area contributed by atoms with Crippen LogP contribution in [0.1, 0.15) is 11.1 Å². The second-order valence-electron chi connectivity index (χ2n) is 6.81. The maximum absolute atomic E-state index is 13.0. The molecule has 0 saturated carbocycles. The van der Waals surface area contributed by atoms with Crippen molar-refractivity contribution in [2.75, 3.05) is 4.90 Å². The molecule has 1 heterocycles. The smallest absolute Gasteiger partial charge is 0.414 e. The Morgan fingerprint density at radius 2 is 1.77 bits per heavy atom. The van der Waals surface area contributed by atoms with Gasteiger partial charge >= 0.3 is 6.09 Å². The highest BCUT2D eigenvalue weighted by Crippen LogP contribution is 2.26. The van der Waals surface area contributed by atoms with Gasteiger partial charge in [-0.2, -0.15) is 0 Å². The van der Waals surface area contributed by atoms with Crippen molar-refractivity contribution >= 4 is 45.9 Å². The third kappa shape index (κ3) is 4.87. The van der Waals surface area contributed by atoms with Crippen molar-refractivity contribution in [1.82, 2.24) is 9.97 Å². The zero-order valence-corrected chi connectivity index (χ0v) is 17.7. The summed E-state index contributed by atoms with van der Waals surface area (Å²) in [6, 6.07) is 19.5. The summed E-state index contributed by atoms with van der Waals surface area (Å²) < 4.78 is 5.54. The van der Waals surface area contributed by atoms with Crippen LogP contribution < -0.4 is 10.5 Å². The van der Waals surface area contributed by atoms with E-state index in [1.165, 1.54) is 11.2 Å². The summed E-state index contributed by atoms with van der Waals surface area (Å²) >= 11 is 12.2. The summed E-state index contributed by atoms with van der Waals surface area (Å²) in [4.78, 5) is 33.4. The molecule has 4 aromatic rings. The Balaban J connectivity index is 1.67. The van der Waals surface area contributed by atoms with Crippen LogP contribution in [0.15, 0.2) is 77.9 Å². The predicted molar refractivity (Wildman–Crippen MR) is 122 cm³/mol. The molecular formula is C23H17Cl2N3O3. The Kier molecular flexibility index (Phi) is 6.21. The van der Waals surface area contributed by atoms with Crippen LogP contribution in [0.2, 0.25) is 10.0 Å². The summed E-state index contributed by atoms with van der Waals surface area (Å²) in [6.07, 6.45) is 0.779. The van der Waals surface area contributed by atoms with Crippen LogP contribution >= 0.6 is 23.2 Å². The number of carbonyl (C=O) groups is 1. The number of rotatable bonds is 5. The SMILES string of the molecule is O=C(OCc1ccccc1)N(Cc1ccc(Cl)c(Cl)c1)c1ccc2nc[nH]c(=O)c2c1. The number of fused-ring (bicyclic) bond motifs is 1. The van der Waals surface area contributed by atoms with E-state index in [0.717, 1.165) is 11.1 Å². The molecule has 0 aliphatic rings. The Morgan fingerprint density at radius 1 is 0.968 bits per heavy atom. The summed E-state index contributed by atoms with van der Waals surface area (Å²) in [7, 11) is 0. The largest absolute Gasteiger partial charge is 0.444 e. The number of anilines is 1. The molecule has 6 nitrogen and oxygen atoms in total. The molecule has 31 heavy (non-hydrogen) atoms. The monoisotopic (exact) mass is 453 g/mol. The van der Waals surface area contributed by atoms with Gasteiger partial charge < -0.3 is 9.72 Å². The molecule has 0 unspecified atom stereocenters. The lowest BCUT2D eigenvalue weighted by Crippen LogP contribution is -2.31. The van der Waals surface area contributed by atoms with Gasteiger partial charge in [0, 0.05) is 5.69 Å². The molecular weight excluding hydrogens is 437 g/mol. The number of benzene rings is 3. The van der Waals surface area contributed by atoms with Gasteiger partial charge in [0.25, 0.3) is 5.56 Å². The minimum absolute atomic E-state index is 0.118. The first-order valence-corrected chi connectivity index (χ1v) is 10.2. The molecule has 1 N–H and O–H groups in total. The number of hydrogen-bond donors (Lipinski definition) is 1. The number of carbonyl (C=O) groups excluding carboxylic acids is 1. The number of nitrogens with one attached hydrogen (secondary N) is 1. The molecule has 3 aromatic carbocycles. The fourth-order valence-corrected chi connectivity index (χ4v) is 3.42. The molecule has 1 amide bonds. The van der Waals surface area contributed by atoms with Gasteiger partial charge in [-0.15, -0.1) is 0 Å². The highest BCUT2D eigenvalue weighted by atomic mass is 35.5. The van der Waals surface area contributed by atoms with E-state index in [-0.39, 0.29) is 18.7 Å². The number of ether oxygens (including phenoxy) is 1. The molecule has 0 spiro atoms. The third-order valence-electron chi connectivity index (χ3n) is 4.69. The van der Waals surface area contributed by atoms with Gasteiger partial charge in [-0.05, 0) is 41.5 Å². The second-order valence-corrected chi connectivity index (χ2v) is 7.62. The maximum Gasteiger partial charge on any atom is 0.414 e. The van der Waals surface area contributed by atoms with Crippen LogP contribution in [-0.4, -0.2) is 16.1 Å². The van der Waals surface area contributed by atoms with Crippen molar-refractivity contribution in [1.29, 1.82) is 0 Å². The van der Waals surface area contributed by atoms with E-state index in [9.17, 15) is 9.59 Å². The summed E-state index contributed by atoms with van der Waals surface area (Å²) in [6.45, 7) is 0.293. The van der Waals surface area contributed by atoms with Crippen LogP contribution in [0.4, 0.5) is 10.5 Å². The molecule has 156 valence electrons. The standard InChI is InChI=1S/C23H17Cl2N3O3/c24-19-8-6-16(10-20(19)25)12-28(23(30)31-13-15-4-2-1-3-5-15)17-7-9-21-18(11-17)22(29)27-14-26-21/h1-11,14H,12-13H2,(H,26,27,29). The Bertz CT molecular complexity index is 1290. The normalized spacial score (nSPS) is 10.8. The first kappa shape index (κ1) is 20.9. The third-order valence-corrected chi connectivity index (χ3v) is 5.42. The minimum atomic E-state index is -0.561. The summed E-state index contributed by atoms with van der Waals surface area (Å²) in [5.74, 6) is 0. The van der Waals surface area contributed by atoms with E-state index in [2.05, 4.69) is 9.97 Å². The number of halogens is 2. The van der Waals surface area contributed by atoms with Gasteiger partial charge in [0.1, 0.15) is 6.61 Å². The van der Waals surface area contributed by atoms with E-state index >= 15 is 0 Å². The van der Waals surface area contributed by atoms with Crippen molar-refractivity contribution in [2.24, 2.45) is 0 Å². The van der Waals surface area contributed by atoms with Crippen molar-refractivity contribution in [2.45, 2.75) is 13.2 Å². The lowest BCUT2D eigenvalue weighted by molar-refractivity contribution is 0.146. The average molecular weight is 454 g/mol. The van der Waals surface area contributed by atoms with E-state index in [1.54, 1.807) is 36.4 Å². The van der Waals surface area contributed by atoms with Gasteiger partial charge in [-0.25, -0.2) is 9.78 Å². The number of nitrogens with zero attached hydrogens (tertiary/aromatic N) is 2. The molecule has 0 saturated heterocycles. The van der Waals surface area contributed by atoms with E-state index < -0.39 is 6.09 Å². The van der Waals surface area contributed by atoms with Crippen LogP contribution in [0.25, 0.3) is 10.9 Å². The highest BCUT2D eigenvalue weighted by molar-refractivity contribution is 6.42. The number of aromatic nitrogens is 2. The fourth-order valence-electron chi connectivity index (χ4n) is 3.10. The number of amides is 1. The van der Waals surface area contributed by atoms with Crippen LogP contribution in [0.5, 0.6) is 0 Å². The zero-order chi connectivity index (χ0) is 21.8. The molecule has 0 atom stereocenters. The fraction of sp³-hybridized carbons (Fsp3) is 0.0870. The Labute approximate surface area is 188 Å². The van der Waals surface area contributed by atoms with Crippen LogP contribution in [0, 0.1) is 0 Å². The number of aromatic amines is 1. The van der Waals surface area contributed by atoms with Gasteiger partial charge in [-0.3, -0.25) is 9.69 Å². The second kappa shape index (κ2) is 9.20. The van der Waals surface area contributed by atoms with Crippen LogP contribution in [0.3, 0.4) is 0 Å². The van der Waals surface area contributed by atoms with Crippen molar-refractivity contribution in [3.8, 4) is 0 Å². The summed E-state index contributed by atoms with van der Waals surface area (Å²) in [5, 5.41) is 1.18. The van der Waals surface area contributed by atoms with Gasteiger partial charge in [0.15, 0.2) is 0 Å². The minimum Gasteiger partial charge on any atom is -0.444 e. The average Bonchev–Trinajstić information content (AvgIpc) is 2.79. The molecule has 0 radical (unpaired) electrons. The zero-order valence-electron chi connectivity index (χ0n) is 16.2. The Morgan fingerprint density at radius 3 is 2.55 bits per heavy atom. The summed E-state index contributed by atoms with van der Waals surface area (Å²) in [5.41, 5.74) is 2.35. The van der Waals surface area contributed by atoms with E-state index in [1.807, 2.05) is 30.3 Å². The topological polar surface area (TPSA) is 75.3 Å². The van der Waals surface area contributed by atoms with Crippen molar-refractivity contribution in [3.63, 3.8) is 0 Å². The predicted octanol–water partition coefficient (Wildman–Crippen LogP) is 5.57. The van der Waals surface area contributed by atoms with E-state index in [4.69, 9.17) is 27.9 Å². The molecule has 0 fully saturated rings. The van der Waals surface area contributed by atoms with Crippen molar-refractivity contribution in [3.05, 3.63) is 105 Å². The maximum atomic E-state index is 13.0. The van der Waals surface area contributed by atoms with E-state index in [0.29, 0.717) is 26.6 Å². The lowest BCUT2D eigenvalue weighted by Gasteiger charge is -2.23. The quantitative estimate of drug-likeness (QED) is 0.428. The first-order valence-electron chi connectivity index (χ1n) is 9.41. The van der Waals surface area contributed by atoms with Gasteiger partial charge in [-0.1, -0.05) is 59.6 Å². The Hall–Kier alpha value is -3.35. The highest BCUT2D eigenvalue weighted by Gasteiger charge is 2.19. The van der Waals surface area contributed by atoms with Gasteiger partial charge in [0.2, 0.25) is 0 Å². The first-order chi connectivity index (χ1) is 15.0. The molecule has 0 aliphatic carbocycles. The van der Waals surface area contributed by atoms with Crippen LogP contribution in [-0.2, 0) is 17.9 Å². The number of H-pyrrole nitrogens is 1. The molecule has 4 rings (SSSR count). The molecule has 0 aliphatic heterocycles. The van der Waals surface area contributed by atoms with Gasteiger partial charge in [0.05, 0.1) is 33.8 Å². The lowest BCUT2D eigenvalue weighted by atomic mass is 10.1.